The number of piperazine rings is 1. The van der Waals surface area contributed by atoms with Crippen molar-refractivity contribution in [1.29, 1.82) is 5.26 Å². The fourth-order valence-corrected chi connectivity index (χ4v) is 5.16. The first kappa shape index (κ1) is 24.2. The molecule has 0 saturated carbocycles. The van der Waals surface area contributed by atoms with Gasteiger partial charge in [0, 0.05) is 54.8 Å². The zero-order chi connectivity index (χ0) is 26.9. The van der Waals surface area contributed by atoms with Crippen LogP contribution in [0, 0.1) is 17.1 Å². The van der Waals surface area contributed by atoms with Gasteiger partial charge in [0.2, 0.25) is 0 Å². The first-order valence-corrected chi connectivity index (χ1v) is 12.6. The third kappa shape index (κ3) is 4.36. The minimum Gasteiger partial charge on any atom is -0.352 e. The minimum atomic E-state index is -0.364. The Balaban J connectivity index is 1.44. The smallest absolute Gasteiger partial charge is 0.254 e. The summed E-state index contributed by atoms with van der Waals surface area (Å²) in [4.78, 5) is 30.8. The van der Waals surface area contributed by atoms with Gasteiger partial charge in [-0.2, -0.15) is 5.26 Å². The molecule has 6 rings (SSSR count). The SMILES string of the molecule is CC1CN(c2ncnc3c2c(-c2ccccc2F)cn3-c2cc(C#N)ccn2)CCN1C(=O)c1ccccc1. The van der Waals surface area contributed by atoms with Crippen molar-refractivity contribution in [2.75, 3.05) is 24.5 Å². The second-order valence-electron chi connectivity index (χ2n) is 9.46. The number of carbonyl (C=O) groups is 1. The molecule has 2 aromatic carbocycles. The van der Waals surface area contributed by atoms with E-state index < -0.39 is 0 Å². The fraction of sp³-hybridized carbons (Fsp3) is 0.167. The molecule has 1 aliphatic heterocycles. The standard InChI is InChI=1S/C30H24FN7O/c1-20-17-36(13-14-37(20)30(39)22-7-3-2-4-8-22)28-27-24(23-9-5-6-10-25(23)31)18-38(29(27)35-19-34-28)26-15-21(16-32)11-12-33-26/h2-12,15,18-20H,13-14,17H2,1H3. The molecule has 1 aliphatic rings. The molecule has 1 unspecified atom stereocenters. The molecule has 4 heterocycles. The molecule has 1 amide bonds. The Morgan fingerprint density at radius 3 is 2.56 bits per heavy atom. The fourth-order valence-electron chi connectivity index (χ4n) is 5.16. The molecule has 0 aliphatic carbocycles. The van der Waals surface area contributed by atoms with Crippen LogP contribution in [-0.2, 0) is 0 Å². The number of hydrogen-bond donors (Lipinski definition) is 0. The Morgan fingerprint density at radius 1 is 1.00 bits per heavy atom. The summed E-state index contributed by atoms with van der Waals surface area (Å²) >= 11 is 0. The highest BCUT2D eigenvalue weighted by molar-refractivity contribution is 6.02. The summed E-state index contributed by atoms with van der Waals surface area (Å²) in [7, 11) is 0. The van der Waals surface area contributed by atoms with Gasteiger partial charge in [0.1, 0.15) is 23.8 Å². The molecule has 192 valence electrons. The number of nitrogens with zero attached hydrogens (tertiary/aromatic N) is 7. The molecule has 39 heavy (non-hydrogen) atoms. The molecular formula is C30H24FN7O. The second-order valence-corrected chi connectivity index (χ2v) is 9.46. The summed E-state index contributed by atoms with van der Waals surface area (Å²) in [6.45, 7) is 3.64. The van der Waals surface area contributed by atoms with Gasteiger partial charge in [0.05, 0.1) is 17.0 Å². The number of nitriles is 1. The van der Waals surface area contributed by atoms with Crippen LogP contribution in [0.25, 0.3) is 28.0 Å². The molecule has 8 nitrogen and oxygen atoms in total. The topological polar surface area (TPSA) is 90.9 Å². The third-order valence-electron chi connectivity index (χ3n) is 7.06. The van der Waals surface area contributed by atoms with Crippen molar-refractivity contribution in [3.63, 3.8) is 0 Å². The van der Waals surface area contributed by atoms with E-state index in [0.717, 1.165) is 0 Å². The zero-order valence-corrected chi connectivity index (χ0v) is 21.2. The molecule has 0 radical (unpaired) electrons. The van der Waals surface area contributed by atoms with Crippen molar-refractivity contribution in [1.82, 2.24) is 24.4 Å². The van der Waals surface area contributed by atoms with Crippen LogP contribution in [0.3, 0.4) is 0 Å². The number of rotatable bonds is 4. The maximum absolute atomic E-state index is 15.1. The van der Waals surface area contributed by atoms with Crippen LogP contribution in [0.5, 0.6) is 0 Å². The number of amides is 1. The number of halogens is 1. The van der Waals surface area contributed by atoms with Gasteiger partial charge in [-0.25, -0.2) is 19.3 Å². The summed E-state index contributed by atoms with van der Waals surface area (Å²) in [5.74, 6) is 0.791. The van der Waals surface area contributed by atoms with Gasteiger partial charge in [0.25, 0.3) is 5.91 Å². The Morgan fingerprint density at radius 2 is 1.79 bits per heavy atom. The van der Waals surface area contributed by atoms with Gasteiger partial charge in [-0.05, 0) is 37.3 Å². The summed E-state index contributed by atoms with van der Waals surface area (Å²) in [6, 6.07) is 21.2. The molecule has 1 atom stereocenters. The summed E-state index contributed by atoms with van der Waals surface area (Å²) < 4.78 is 16.9. The van der Waals surface area contributed by atoms with Gasteiger partial charge >= 0.3 is 0 Å². The van der Waals surface area contributed by atoms with Crippen LogP contribution in [0.4, 0.5) is 10.2 Å². The van der Waals surface area contributed by atoms with E-state index >= 15 is 4.39 Å². The lowest BCUT2D eigenvalue weighted by molar-refractivity contribution is 0.0674. The lowest BCUT2D eigenvalue weighted by Gasteiger charge is -2.40. The lowest BCUT2D eigenvalue weighted by atomic mass is 10.0. The van der Waals surface area contributed by atoms with Gasteiger partial charge in [-0.1, -0.05) is 36.4 Å². The van der Waals surface area contributed by atoms with Crippen LogP contribution in [0.1, 0.15) is 22.8 Å². The number of aromatic nitrogens is 4. The van der Waals surface area contributed by atoms with Crippen molar-refractivity contribution >= 4 is 22.8 Å². The largest absolute Gasteiger partial charge is 0.352 e. The highest BCUT2D eigenvalue weighted by Crippen LogP contribution is 2.38. The van der Waals surface area contributed by atoms with E-state index in [1.807, 2.05) is 42.2 Å². The maximum Gasteiger partial charge on any atom is 0.254 e. The van der Waals surface area contributed by atoms with E-state index in [1.54, 1.807) is 47.3 Å². The number of pyridine rings is 1. The van der Waals surface area contributed by atoms with Gasteiger partial charge < -0.3 is 9.80 Å². The van der Waals surface area contributed by atoms with E-state index in [0.29, 0.717) is 64.6 Å². The van der Waals surface area contributed by atoms with Crippen molar-refractivity contribution in [2.24, 2.45) is 0 Å². The molecule has 0 N–H and O–H groups in total. The van der Waals surface area contributed by atoms with Crippen LogP contribution in [0.2, 0.25) is 0 Å². The molecule has 9 heteroatoms. The maximum atomic E-state index is 15.1. The summed E-state index contributed by atoms with van der Waals surface area (Å²) in [5, 5.41) is 10.1. The van der Waals surface area contributed by atoms with E-state index in [4.69, 9.17) is 0 Å². The summed E-state index contributed by atoms with van der Waals surface area (Å²) in [6.07, 6.45) is 4.85. The molecular weight excluding hydrogens is 493 g/mol. The van der Waals surface area contributed by atoms with E-state index in [-0.39, 0.29) is 17.8 Å². The predicted molar refractivity (Wildman–Crippen MR) is 146 cm³/mol. The normalized spacial score (nSPS) is 15.4. The third-order valence-corrected chi connectivity index (χ3v) is 7.06. The molecule has 3 aromatic heterocycles. The zero-order valence-electron chi connectivity index (χ0n) is 21.2. The van der Waals surface area contributed by atoms with Crippen LogP contribution in [0.15, 0.2) is 85.5 Å². The first-order chi connectivity index (χ1) is 19.0. The number of fused-ring (bicyclic) bond motifs is 1. The molecule has 5 aromatic rings. The number of hydrogen-bond acceptors (Lipinski definition) is 6. The van der Waals surface area contributed by atoms with E-state index in [9.17, 15) is 10.1 Å². The van der Waals surface area contributed by atoms with Crippen LogP contribution in [-0.4, -0.2) is 56.0 Å². The Kier molecular flexibility index (Phi) is 6.21. The van der Waals surface area contributed by atoms with Gasteiger partial charge in [-0.3, -0.25) is 9.36 Å². The van der Waals surface area contributed by atoms with Crippen molar-refractivity contribution in [2.45, 2.75) is 13.0 Å². The van der Waals surface area contributed by atoms with Crippen molar-refractivity contribution in [3.05, 3.63) is 102 Å². The summed E-state index contributed by atoms with van der Waals surface area (Å²) in [5.41, 5.74) is 2.71. The Labute approximate surface area is 224 Å². The Hall–Kier alpha value is -5.10. The molecule has 0 spiro atoms. The quantitative estimate of drug-likeness (QED) is 0.339. The van der Waals surface area contributed by atoms with Crippen molar-refractivity contribution < 1.29 is 9.18 Å². The van der Waals surface area contributed by atoms with Gasteiger partial charge in [0.15, 0.2) is 5.65 Å². The molecule has 1 saturated heterocycles. The Bertz CT molecular complexity index is 1730. The highest BCUT2D eigenvalue weighted by atomic mass is 19.1. The van der Waals surface area contributed by atoms with Crippen LogP contribution < -0.4 is 4.90 Å². The second kappa shape index (κ2) is 9.99. The number of anilines is 1. The lowest BCUT2D eigenvalue weighted by Crippen LogP contribution is -2.54. The molecule has 1 fully saturated rings. The minimum absolute atomic E-state index is 0.00256. The van der Waals surface area contributed by atoms with Gasteiger partial charge in [-0.15, -0.1) is 0 Å². The highest BCUT2D eigenvalue weighted by Gasteiger charge is 2.31. The van der Waals surface area contributed by atoms with Crippen LogP contribution >= 0.6 is 0 Å². The average molecular weight is 518 g/mol. The van der Waals surface area contributed by atoms with E-state index in [1.165, 1.54) is 12.4 Å². The predicted octanol–water partition coefficient (Wildman–Crippen LogP) is 4.84. The van der Waals surface area contributed by atoms with E-state index in [2.05, 4.69) is 25.9 Å². The average Bonchev–Trinajstić information content (AvgIpc) is 3.37. The molecule has 0 bridgehead atoms. The number of benzene rings is 2. The first-order valence-electron chi connectivity index (χ1n) is 12.6. The number of carbonyl (C=O) groups excluding carboxylic acids is 1. The monoisotopic (exact) mass is 517 g/mol. The van der Waals surface area contributed by atoms with Crippen molar-refractivity contribution in [3.8, 4) is 23.0 Å².